The lowest BCUT2D eigenvalue weighted by Crippen LogP contribution is -2.28. The minimum Gasteiger partial charge on any atom is -0.381 e. The molecule has 1 aliphatic rings. The molecular formula is C12H15BrFNO. The Balaban J connectivity index is 2.22. The topological polar surface area (TPSA) is 35.2 Å². The van der Waals surface area contributed by atoms with E-state index in [0.717, 1.165) is 30.5 Å². The SMILES string of the molecule is NC(c1c(F)cccc1Br)C1CCOCC1. The first-order valence-corrected chi connectivity index (χ1v) is 6.26. The molecule has 0 aliphatic carbocycles. The zero-order valence-electron chi connectivity index (χ0n) is 8.96. The third-order valence-corrected chi connectivity index (χ3v) is 3.80. The molecule has 1 heterocycles. The van der Waals surface area contributed by atoms with Crippen LogP contribution in [0.3, 0.4) is 0 Å². The standard InChI is InChI=1S/C12H15BrFNO/c13-9-2-1-3-10(14)11(9)12(15)8-4-6-16-7-5-8/h1-3,8,12H,4-7,15H2. The number of rotatable bonds is 2. The van der Waals surface area contributed by atoms with Gasteiger partial charge < -0.3 is 10.5 Å². The predicted molar refractivity (Wildman–Crippen MR) is 64.6 cm³/mol. The van der Waals surface area contributed by atoms with Crippen LogP contribution in [0.25, 0.3) is 0 Å². The van der Waals surface area contributed by atoms with Gasteiger partial charge in [0.15, 0.2) is 0 Å². The highest BCUT2D eigenvalue weighted by atomic mass is 79.9. The fraction of sp³-hybridized carbons (Fsp3) is 0.500. The van der Waals surface area contributed by atoms with Gasteiger partial charge in [0.1, 0.15) is 5.82 Å². The molecule has 1 fully saturated rings. The summed E-state index contributed by atoms with van der Waals surface area (Å²) in [6.45, 7) is 1.45. The van der Waals surface area contributed by atoms with E-state index in [1.807, 2.05) is 6.07 Å². The molecule has 1 unspecified atom stereocenters. The minimum absolute atomic E-state index is 0.228. The number of benzene rings is 1. The summed E-state index contributed by atoms with van der Waals surface area (Å²) in [5, 5.41) is 0. The molecule has 2 N–H and O–H groups in total. The summed E-state index contributed by atoms with van der Waals surface area (Å²) in [6, 6.07) is 4.72. The molecular weight excluding hydrogens is 273 g/mol. The molecule has 0 amide bonds. The van der Waals surface area contributed by atoms with Crippen LogP contribution in [0.1, 0.15) is 24.4 Å². The van der Waals surface area contributed by atoms with E-state index in [0.29, 0.717) is 11.5 Å². The zero-order chi connectivity index (χ0) is 11.5. The largest absolute Gasteiger partial charge is 0.381 e. The summed E-state index contributed by atoms with van der Waals surface area (Å²) >= 11 is 3.36. The molecule has 88 valence electrons. The lowest BCUT2D eigenvalue weighted by atomic mass is 9.87. The van der Waals surface area contributed by atoms with Crippen LogP contribution in [0.2, 0.25) is 0 Å². The molecule has 4 heteroatoms. The van der Waals surface area contributed by atoms with E-state index in [1.54, 1.807) is 6.07 Å². The second-order valence-corrected chi connectivity index (χ2v) is 4.97. The molecule has 1 aromatic rings. The van der Waals surface area contributed by atoms with Gasteiger partial charge in [0.25, 0.3) is 0 Å². The van der Waals surface area contributed by atoms with Crippen LogP contribution in [0.5, 0.6) is 0 Å². The summed E-state index contributed by atoms with van der Waals surface area (Å²) in [6.07, 6.45) is 1.81. The second-order valence-electron chi connectivity index (χ2n) is 4.11. The predicted octanol–water partition coefficient (Wildman–Crippen LogP) is 3.01. The Labute approximate surface area is 103 Å². The van der Waals surface area contributed by atoms with Gasteiger partial charge in [0.05, 0.1) is 0 Å². The first-order valence-electron chi connectivity index (χ1n) is 5.47. The maximum absolute atomic E-state index is 13.7. The van der Waals surface area contributed by atoms with Gasteiger partial charge in [-0.1, -0.05) is 22.0 Å². The van der Waals surface area contributed by atoms with Gasteiger partial charge in [-0.15, -0.1) is 0 Å². The van der Waals surface area contributed by atoms with Crippen molar-refractivity contribution in [1.82, 2.24) is 0 Å². The smallest absolute Gasteiger partial charge is 0.129 e. The van der Waals surface area contributed by atoms with Gasteiger partial charge in [-0.05, 0) is 30.9 Å². The van der Waals surface area contributed by atoms with Gasteiger partial charge in [0.2, 0.25) is 0 Å². The van der Waals surface area contributed by atoms with Crippen molar-refractivity contribution in [3.63, 3.8) is 0 Å². The average molecular weight is 288 g/mol. The highest BCUT2D eigenvalue weighted by Gasteiger charge is 2.25. The van der Waals surface area contributed by atoms with E-state index in [-0.39, 0.29) is 11.9 Å². The highest BCUT2D eigenvalue weighted by Crippen LogP contribution is 2.33. The van der Waals surface area contributed by atoms with Crippen molar-refractivity contribution < 1.29 is 9.13 Å². The van der Waals surface area contributed by atoms with E-state index in [1.165, 1.54) is 6.07 Å². The molecule has 1 aromatic carbocycles. The van der Waals surface area contributed by atoms with E-state index in [2.05, 4.69) is 15.9 Å². The third kappa shape index (κ3) is 2.44. The van der Waals surface area contributed by atoms with Crippen LogP contribution < -0.4 is 5.73 Å². The molecule has 1 aliphatic heterocycles. The van der Waals surface area contributed by atoms with Crippen molar-refractivity contribution in [2.75, 3.05) is 13.2 Å². The Hall–Kier alpha value is -0.450. The zero-order valence-corrected chi connectivity index (χ0v) is 10.5. The van der Waals surface area contributed by atoms with Crippen LogP contribution >= 0.6 is 15.9 Å². The summed E-state index contributed by atoms with van der Waals surface area (Å²) in [5.74, 6) is 0.0790. The van der Waals surface area contributed by atoms with Crippen LogP contribution in [0.4, 0.5) is 4.39 Å². The maximum atomic E-state index is 13.7. The maximum Gasteiger partial charge on any atom is 0.129 e. The minimum atomic E-state index is -0.250. The summed E-state index contributed by atoms with van der Waals surface area (Å²) < 4.78 is 19.8. The average Bonchev–Trinajstić information content (AvgIpc) is 2.30. The summed E-state index contributed by atoms with van der Waals surface area (Å²) in [4.78, 5) is 0. The van der Waals surface area contributed by atoms with Crippen molar-refractivity contribution in [3.8, 4) is 0 Å². The van der Waals surface area contributed by atoms with E-state index >= 15 is 0 Å². The highest BCUT2D eigenvalue weighted by molar-refractivity contribution is 9.10. The van der Waals surface area contributed by atoms with Crippen molar-refractivity contribution >= 4 is 15.9 Å². The van der Waals surface area contributed by atoms with Gasteiger partial charge in [0, 0.05) is 29.3 Å². The molecule has 0 aromatic heterocycles. The van der Waals surface area contributed by atoms with Crippen molar-refractivity contribution in [2.45, 2.75) is 18.9 Å². The summed E-state index contributed by atoms with van der Waals surface area (Å²) in [7, 11) is 0. The van der Waals surface area contributed by atoms with E-state index < -0.39 is 0 Å². The quantitative estimate of drug-likeness (QED) is 0.908. The number of hydrogen-bond acceptors (Lipinski definition) is 2. The van der Waals surface area contributed by atoms with Crippen LogP contribution in [-0.2, 0) is 4.74 Å². The molecule has 0 saturated carbocycles. The third-order valence-electron chi connectivity index (χ3n) is 3.11. The molecule has 2 rings (SSSR count). The first kappa shape index (κ1) is 12.0. The normalized spacial score (nSPS) is 19.7. The van der Waals surface area contributed by atoms with E-state index in [9.17, 15) is 4.39 Å². The summed E-state index contributed by atoms with van der Waals surface area (Å²) in [5.41, 5.74) is 6.74. The fourth-order valence-electron chi connectivity index (χ4n) is 2.14. The number of ether oxygens (including phenoxy) is 1. The van der Waals surface area contributed by atoms with Gasteiger partial charge in [-0.3, -0.25) is 0 Å². The van der Waals surface area contributed by atoms with Crippen molar-refractivity contribution in [1.29, 1.82) is 0 Å². The van der Waals surface area contributed by atoms with Crippen LogP contribution in [0, 0.1) is 11.7 Å². The fourth-order valence-corrected chi connectivity index (χ4v) is 2.75. The Kier molecular flexibility index (Phi) is 3.95. The monoisotopic (exact) mass is 287 g/mol. The Morgan fingerprint density at radius 1 is 1.38 bits per heavy atom. The number of hydrogen-bond donors (Lipinski definition) is 1. The molecule has 16 heavy (non-hydrogen) atoms. The number of nitrogens with two attached hydrogens (primary N) is 1. The lowest BCUT2D eigenvalue weighted by Gasteiger charge is -2.28. The number of halogens is 2. The molecule has 1 atom stereocenters. The van der Waals surface area contributed by atoms with Gasteiger partial charge >= 0.3 is 0 Å². The molecule has 0 radical (unpaired) electrons. The lowest BCUT2D eigenvalue weighted by molar-refractivity contribution is 0.0579. The Morgan fingerprint density at radius 3 is 2.69 bits per heavy atom. The van der Waals surface area contributed by atoms with Crippen molar-refractivity contribution in [3.05, 3.63) is 34.1 Å². The molecule has 0 bridgehead atoms. The second kappa shape index (κ2) is 5.25. The molecule has 1 saturated heterocycles. The van der Waals surface area contributed by atoms with Gasteiger partial charge in [-0.2, -0.15) is 0 Å². The first-order chi connectivity index (χ1) is 7.70. The Bertz CT molecular complexity index is 346. The Morgan fingerprint density at radius 2 is 2.06 bits per heavy atom. The molecule has 2 nitrogen and oxygen atoms in total. The molecule has 0 spiro atoms. The van der Waals surface area contributed by atoms with Crippen LogP contribution in [-0.4, -0.2) is 13.2 Å². The van der Waals surface area contributed by atoms with Gasteiger partial charge in [-0.25, -0.2) is 4.39 Å². The van der Waals surface area contributed by atoms with Crippen LogP contribution in [0.15, 0.2) is 22.7 Å². The van der Waals surface area contributed by atoms with Crippen molar-refractivity contribution in [2.24, 2.45) is 11.7 Å². The van der Waals surface area contributed by atoms with E-state index in [4.69, 9.17) is 10.5 Å².